The van der Waals surface area contributed by atoms with Crippen LogP contribution in [0.25, 0.3) is 5.57 Å². The van der Waals surface area contributed by atoms with Gasteiger partial charge in [0.1, 0.15) is 0 Å². The molecule has 164 valence electrons. The topological polar surface area (TPSA) is 62.3 Å². The van der Waals surface area contributed by atoms with E-state index < -0.39 is 0 Å². The first-order chi connectivity index (χ1) is 16.5. The maximum Gasteiger partial charge on any atom is 0.0756 e. The standard InChI is InChI=1S/C29H23N5/c1-16-17(2)28-19(4)29-18(3)27(24-7-5-6-12-30-24)26(34-29)15-23-11-9-21(32-23)13-20-8-10-22(31-20)14-25(16)33-28/h5-15H,1-4H3. The number of rotatable bonds is 1. The lowest BCUT2D eigenvalue weighted by molar-refractivity contribution is 1.25. The molecule has 5 aliphatic rings. The zero-order valence-corrected chi connectivity index (χ0v) is 19.6. The highest BCUT2D eigenvalue weighted by molar-refractivity contribution is 6.33. The van der Waals surface area contributed by atoms with Gasteiger partial charge in [-0.05, 0) is 99.1 Å². The molecule has 0 saturated heterocycles. The third-order valence-electron chi connectivity index (χ3n) is 6.62. The molecular weight excluding hydrogens is 418 g/mol. The van der Waals surface area contributed by atoms with Gasteiger partial charge in [-0.15, -0.1) is 0 Å². The lowest BCUT2D eigenvalue weighted by atomic mass is 9.96. The van der Waals surface area contributed by atoms with Crippen LogP contribution in [0, 0.1) is 0 Å². The molecule has 0 spiro atoms. The molecule has 0 fully saturated rings. The Bertz CT molecular complexity index is 1540. The molecule has 8 bridgehead atoms. The van der Waals surface area contributed by atoms with Crippen LogP contribution in [0.1, 0.15) is 33.4 Å². The first kappa shape index (κ1) is 20.4. The summed E-state index contributed by atoms with van der Waals surface area (Å²) in [6, 6.07) is 5.97. The molecular formula is C29H23N5. The Balaban J connectivity index is 1.62. The minimum Gasteiger partial charge on any atom is -0.256 e. The molecule has 0 amide bonds. The van der Waals surface area contributed by atoms with Crippen molar-refractivity contribution in [3.8, 4) is 0 Å². The summed E-state index contributed by atoms with van der Waals surface area (Å²) >= 11 is 0. The lowest BCUT2D eigenvalue weighted by Gasteiger charge is -2.08. The molecule has 6 rings (SSSR count). The molecule has 5 aliphatic heterocycles. The van der Waals surface area contributed by atoms with Crippen LogP contribution in [0.4, 0.5) is 0 Å². The van der Waals surface area contributed by atoms with Crippen LogP contribution < -0.4 is 0 Å². The van der Waals surface area contributed by atoms with Crippen LogP contribution in [0.2, 0.25) is 0 Å². The summed E-state index contributed by atoms with van der Waals surface area (Å²) in [4.78, 5) is 24.3. The molecule has 34 heavy (non-hydrogen) atoms. The van der Waals surface area contributed by atoms with Gasteiger partial charge in [-0.25, -0.2) is 20.0 Å². The molecule has 0 saturated carbocycles. The van der Waals surface area contributed by atoms with E-state index in [0.29, 0.717) is 0 Å². The number of allylic oxidation sites excluding steroid dienone is 12. The van der Waals surface area contributed by atoms with Crippen molar-refractivity contribution in [2.24, 2.45) is 20.0 Å². The number of pyridine rings is 1. The molecule has 5 heteroatoms. The second-order valence-corrected chi connectivity index (χ2v) is 8.80. The number of hydrogen-bond donors (Lipinski definition) is 0. The summed E-state index contributed by atoms with van der Waals surface area (Å²) in [5, 5.41) is 0. The van der Waals surface area contributed by atoms with E-state index in [1.165, 1.54) is 5.57 Å². The quantitative estimate of drug-likeness (QED) is 0.522. The lowest BCUT2D eigenvalue weighted by Crippen LogP contribution is -2.02. The van der Waals surface area contributed by atoms with Gasteiger partial charge in [-0.3, -0.25) is 4.98 Å². The highest BCUT2D eigenvalue weighted by atomic mass is 14.9. The largest absolute Gasteiger partial charge is 0.256 e. The highest BCUT2D eigenvalue weighted by Gasteiger charge is 2.28. The molecule has 1 aromatic heterocycles. The number of fused-ring (bicyclic) bond motifs is 4. The molecule has 0 atom stereocenters. The molecule has 0 aliphatic carbocycles. The smallest absolute Gasteiger partial charge is 0.0756 e. The van der Waals surface area contributed by atoms with Crippen molar-refractivity contribution in [2.45, 2.75) is 27.7 Å². The predicted octanol–water partition coefficient (Wildman–Crippen LogP) is 6.06. The summed E-state index contributed by atoms with van der Waals surface area (Å²) in [5.74, 6) is 0. The van der Waals surface area contributed by atoms with Gasteiger partial charge in [0.25, 0.3) is 0 Å². The van der Waals surface area contributed by atoms with Crippen molar-refractivity contribution in [2.75, 3.05) is 0 Å². The van der Waals surface area contributed by atoms with Crippen molar-refractivity contribution >= 4 is 28.4 Å². The number of hydrogen-bond acceptors (Lipinski definition) is 5. The maximum absolute atomic E-state index is 5.10. The number of nitrogens with zero attached hydrogens (tertiary/aromatic N) is 5. The van der Waals surface area contributed by atoms with Gasteiger partial charge in [-0.1, -0.05) is 6.07 Å². The van der Waals surface area contributed by atoms with E-state index in [0.717, 1.165) is 73.6 Å². The zero-order valence-electron chi connectivity index (χ0n) is 19.6. The Morgan fingerprint density at radius 1 is 0.618 bits per heavy atom. The summed E-state index contributed by atoms with van der Waals surface area (Å²) in [6.07, 6.45) is 16.0. The Morgan fingerprint density at radius 3 is 2.09 bits per heavy atom. The normalized spacial score (nSPS) is 21.0. The number of aliphatic imine (C=N–C) groups is 4. The average molecular weight is 442 g/mol. The van der Waals surface area contributed by atoms with E-state index in [1.807, 2.05) is 60.9 Å². The van der Waals surface area contributed by atoms with E-state index in [2.05, 4.69) is 38.8 Å². The molecule has 6 heterocycles. The van der Waals surface area contributed by atoms with Gasteiger partial charge in [0.05, 0.1) is 51.3 Å². The van der Waals surface area contributed by atoms with Crippen LogP contribution >= 0.6 is 0 Å². The van der Waals surface area contributed by atoms with Crippen LogP contribution in [-0.4, -0.2) is 27.8 Å². The van der Waals surface area contributed by atoms with Gasteiger partial charge in [0.2, 0.25) is 0 Å². The van der Waals surface area contributed by atoms with Gasteiger partial charge in [0, 0.05) is 17.3 Å². The minimum absolute atomic E-state index is 0.858. The van der Waals surface area contributed by atoms with Crippen molar-refractivity contribution in [3.05, 3.63) is 118 Å². The summed E-state index contributed by atoms with van der Waals surface area (Å²) in [6.45, 7) is 8.47. The fourth-order valence-electron chi connectivity index (χ4n) is 4.69. The van der Waals surface area contributed by atoms with Crippen LogP contribution in [0.3, 0.4) is 0 Å². The van der Waals surface area contributed by atoms with Crippen molar-refractivity contribution in [3.63, 3.8) is 0 Å². The molecule has 1 aromatic rings. The van der Waals surface area contributed by atoms with Crippen LogP contribution in [0.15, 0.2) is 132 Å². The third-order valence-corrected chi connectivity index (χ3v) is 6.62. The first-order valence-electron chi connectivity index (χ1n) is 11.4. The van der Waals surface area contributed by atoms with Crippen molar-refractivity contribution in [1.29, 1.82) is 0 Å². The predicted molar refractivity (Wildman–Crippen MR) is 140 cm³/mol. The monoisotopic (exact) mass is 441 g/mol. The Kier molecular flexibility index (Phi) is 4.59. The zero-order chi connectivity index (χ0) is 23.4. The summed E-state index contributed by atoms with van der Waals surface area (Å²) in [5.41, 5.74) is 13.6. The summed E-state index contributed by atoms with van der Waals surface area (Å²) < 4.78 is 0. The minimum atomic E-state index is 0.858. The Hall–Kier alpha value is -4.25. The Labute approximate surface area is 198 Å². The second-order valence-electron chi connectivity index (χ2n) is 8.80. The second kappa shape index (κ2) is 7.66. The van der Waals surface area contributed by atoms with Crippen molar-refractivity contribution in [1.82, 2.24) is 4.98 Å². The fraction of sp³-hybridized carbons (Fsp3) is 0.138. The average Bonchev–Trinajstić information content (AvgIpc) is 3.59. The molecule has 0 unspecified atom stereocenters. The molecule has 0 radical (unpaired) electrons. The first-order valence-corrected chi connectivity index (χ1v) is 11.4. The third kappa shape index (κ3) is 3.28. The number of aromatic nitrogens is 1. The van der Waals surface area contributed by atoms with Gasteiger partial charge in [0.15, 0.2) is 0 Å². The molecule has 0 aromatic carbocycles. The van der Waals surface area contributed by atoms with E-state index in [4.69, 9.17) is 20.0 Å². The van der Waals surface area contributed by atoms with Crippen LogP contribution in [-0.2, 0) is 0 Å². The Morgan fingerprint density at radius 2 is 1.35 bits per heavy atom. The van der Waals surface area contributed by atoms with Crippen LogP contribution in [0.5, 0.6) is 0 Å². The van der Waals surface area contributed by atoms with Gasteiger partial charge >= 0.3 is 0 Å². The summed E-state index contributed by atoms with van der Waals surface area (Å²) in [7, 11) is 0. The van der Waals surface area contributed by atoms with E-state index >= 15 is 0 Å². The SMILES string of the molecule is CC1=C(C)C2=NC1=CC1=NC(=CC3=NC(=CC4=NC(=C2C)C(C)=C4c2ccccn2)C=C3)C=C1. The molecule has 5 nitrogen and oxygen atoms in total. The van der Waals surface area contributed by atoms with E-state index in [1.54, 1.807) is 0 Å². The maximum atomic E-state index is 5.10. The van der Waals surface area contributed by atoms with Crippen molar-refractivity contribution < 1.29 is 0 Å². The van der Waals surface area contributed by atoms with Gasteiger partial charge < -0.3 is 0 Å². The van der Waals surface area contributed by atoms with Gasteiger partial charge in [-0.2, -0.15) is 0 Å². The fourth-order valence-corrected chi connectivity index (χ4v) is 4.69. The van der Waals surface area contributed by atoms with E-state index in [9.17, 15) is 0 Å². The van der Waals surface area contributed by atoms with E-state index in [-0.39, 0.29) is 0 Å². The molecule has 0 N–H and O–H groups in total. The highest BCUT2D eigenvalue weighted by Crippen LogP contribution is 2.37.